The number of hydrogen-bond donors (Lipinski definition) is 0. The van der Waals surface area contributed by atoms with Gasteiger partial charge >= 0.3 is 6.09 Å². The number of piperidine rings is 1. The first-order chi connectivity index (χ1) is 12.0. The molecule has 2 heterocycles. The fraction of sp³-hybridized carbons (Fsp3) is 0.895. The van der Waals surface area contributed by atoms with Gasteiger partial charge in [-0.3, -0.25) is 9.69 Å². The highest BCUT2D eigenvalue weighted by atomic mass is 16.6. The molecule has 4 rings (SSSR count). The van der Waals surface area contributed by atoms with Gasteiger partial charge in [-0.1, -0.05) is 0 Å². The van der Waals surface area contributed by atoms with Gasteiger partial charge in [0.05, 0.1) is 6.61 Å². The molecule has 2 saturated carbocycles. The molecule has 0 bridgehead atoms. The Morgan fingerprint density at radius 3 is 2.20 bits per heavy atom. The van der Waals surface area contributed by atoms with Crippen LogP contribution in [0.2, 0.25) is 0 Å². The van der Waals surface area contributed by atoms with Crippen molar-refractivity contribution < 1.29 is 14.3 Å². The van der Waals surface area contributed by atoms with Gasteiger partial charge in [-0.2, -0.15) is 0 Å². The van der Waals surface area contributed by atoms with Crippen molar-refractivity contribution in [3.8, 4) is 0 Å². The lowest BCUT2D eigenvalue weighted by Gasteiger charge is -2.60. The van der Waals surface area contributed by atoms with Gasteiger partial charge in [-0.25, -0.2) is 4.79 Å². The first-order valence-corrected chi connectivity index (χ1v) is 9.96. The van der Waals surface area contributed by atoms with E-state index >= 15 is 0 Å². The molecular weight excluding hydrogens is 318 g/mol. The maximum absolute atomic E-state index is 12.5. The van der Waals surface area contributed by atoms with Crippen LogP contribution in [0.4, 0.5) is 4.79 Å². The summed E-state index contributed by atoms with van der Waals surface area (Å²) in [5.41, 5.74) is 0.362. The van der Waals surface area contributed by atoms with Crippen LogP contribution in [-0.2, 0) is 9.53 Å². The van der Waals surface area contributed by atoms with E-state index in [4.69, 9.17) is 4.74 Å². The number of nitrogens with zero attached hydrogens (tertiary/aromatic N) is 3. The zero-order valence-electron chi connectivity index (χ0n) is 15.7. The second kappa shape index (κ2) is 6.15. The molecule has 2 aliphatic carbocycles. The standard InChI is InChI=1S/C19H31N3O3/c1-4-20(5-2)17(23)16-14-9-21(10-15(14)16)13-7-19(8-13)11-22(12-19)18(24)25-6-3/h13-16H,4-12H2,1-3H3. The van der Waals surface area contributed by atoms with Crippen molar-refractivity contribution in [1.82, 2.24) is 14.7 Å². The summed E-state index contributed by atoms with van der Waals surface area (Å²) in [7, 11) is 0. The summed E-state index contributed by atoms with van der Waals surface area (Å²) in [5.74, 6) is 1.88. The summed E-state index contributed by atoms with van der Waals surface area (Å²) >= 11 is 0. The van der Waals surface area contributed by atoms with Crippen molar-refractivity contribution in [3.05, 3.63) is 0 Å². The molecule has 1 spiro atoms. The molecule has 2 saturated heterocycles. The zero-order chi connectivity index (χ0) is 17.8. The lowest BCUT2D eigenvalue weighted by molar-refractivity contribution is -0.133. The van der Waals surface area contributed by atoms with Crippen LogP contribution < -0.4 is 0 Å². The minimum absolute atomic E-state index is 0.156. The molecule has 2 amide bonds. The molecule has 25 heavy (non-hydrogen) atoms. The Bertz CT molecular complexity index is 536. The molecule has 0 radical (unpaired) electrons. The Labute approximate surface area is 150 Å². The highest BCUT2D eigenvalue weighted by Crippen LogP contribution is 2.57. The van der Waals surface area contributed by atoms with Crippen LogP contribution in [0.25, 0.3) is 0 Å². The third kappa shape index (κ3) is 2.73. The maximum Gasteiger partial charge on any atom is 0.409 e. The van der Waals surface area contributed by atoms with E-state index in [9.17, 15) is 9.59 Å². The Hall–Kier alpha value is -1.30. The number of rotatable bonds is 5. The summed E-state index contributed by atoms with van der Waals surface area (Å²) in [4.78, 5) is 30.6. The minimum atomic E-state index is -0.156. The summed E-state index contributed by atoms with van der Waals surface area (Å²) < 4.78 is 5.07. The van der Waals surface area contributed by atoms with E-state index in [2.05, 4.69) is 18.7 Å². The quantitative estimate of drug-likeness (QED) is 0.757. The molecular formula is C19H31N3O3. The average Bonchev–Trinajstić information content (AvgIpc) is 3.01. The van der Waals surface area contributed by atoms with E-state index in [1.54, 1.807) is 0 Å². The van der Waals surface area contributed by atoms with E-state index < -0.39 is 0 Å². The number of ether oxygens (including phenoxy) is 1. The average molecular weight is 349 g/mol. The Morgan fingerprint density at radius 1 is 1.08 bits per heavy atom. The van der Waals surface area contributed by atoms with E-state index in [1.807, 2.05) is 16.7 Å². The third-order valence-electron chi connectivity index (χ3n) is 7.01. The van der Waals surface area contributed by atoms with E-state index in [-0.39, 0.29) is 6.09 Å². The Morgan fingerprint density at radius 2 is 1.68 bits per heavy atom. The Balaban J connectivity index is 1.20. The summed E-state index contributed by atoms with van der Waals surface area (Å²) in [6.45, 7) is 12.0. The van der Waals surface area contributed by atoms with Crippen LogP contribution >= 0.6 is 0 Å². The second-order valence-electron chi connectivity index (χ2n) is 8.43. The smallest absolute Gasteiger partial charge is 0.409 e. The second-order valence-corrected chi connectivity index (χ2v) is 8.43. The SMILES string of the molecule is CCOC(=O)N1CC2(CC(N3CC4C(C3)C4C(=O)N(CC)CC)C2)C1. The van der Waals surface area contributed by atoms with Gasteiger partial charge in [-0.15, -0.1) is 0 Å². The molecule has 2 atom stereocenters. The van der Waals surface area contributed by atoms with Crippen molar-refractivity contribution in [2.24, 2.45) is 23.2 Å². The fourth-order valence-electron chi connectivity index (χ4n) is 5.53. The van der Waals surface area contributed by atoms with Crippen molar-refractivity contribution in [1.29, 1.82) is 0 Å². The first-order valence-electron chi connectivity index (χ1n) is 9.96. The highest BCUT2D eigenvalue weighted by Gasteiger charge is 2.63. The van der Waals surface area contributed by atoms with Gasteiger partial charge in [0.1, 0.15) is 0 Å². The summed E-state index contributed by atoms with van der Waals surface area (Å²) in [5, 5.41) is 0. The lowest BCUT2D eigenvalue weighted by Crippen LogP contribution is -2.67. The van der Waals surface area contributed by atoms with Crippen LogP contribution in [0, 0.1) is 23.2 Å². The van der Waals surface area contributed by atoms with Gasteiger partial charge in [-0.05, 0) is 45.4 Å². The molecule has 6 heteroatoms. The number of hydrogen-bond acceptors (Lipinski definition) is 4. The first kappa shape index (κ1) is 17.1. The molecule has 2 unspecified atom stereocenters. The number of amides is 2. The normalized spacial score (nSPS) is 32.8. The van der Waals surface area contributed by atoms with Gasteiger partial charge < -0.3 is 14.5 Å². The van der Waals surface area contributed by atoms with Crippen molar-refractivity contribution >= 4 is 12.0 Å². The van der Waals surface area contributed by atoms with Crippen LogP contribution in [-0.4, -0.2) is 78.6 Å². The topological polar surface area (TPSA) is 53.1 Å². The molecule has 0 N–H and O–H groups in total. The molecule has 4 aliphatic rings. The number of carbonyl (C=O) groups excluding carboxylic acids is 2. The van der Waals surface area contributed by atoms with Crippen LogP contribution in [0.15, 0.2) is 0 Å². The van der Waals surface area contributed by atoms with E-state index in [0.717, 1.165) is 39.3 Å². The predicted molar refractivity (Wildman–Crippen MR) is 94.0 cm³/mol. The van der Waals surface area contributed by atoms with Crippen LogP contribution in [0.5, 0.6) is 0 Å². The summed E-state index contributed by atoms with van der Waals surface area (Å²) in [6.07, 6.45) is 2.25. The van der Waals surface area contributed by atoms with Gasteiger partial charge in [0.2, 0.25) is 5.91 Å². The molecule has 4 fully saturated rings. The van der Waals surface area contributed by atoms with Gasteiger partial charge in [0.25, 0.3) is 0 Å². The van der Waals surface area contributed by atoms with Crippen molar-refractivity contribution in [2.45, 2.75) is 39.7 Å². The number of likely N-dealkylation sites (tertiary alicyclic amines) is 2. The molecule has 0 aromatic carbocycles. The van der Waals surface area contributed by atoms with Gasteiger partial charge in [0.15, 0.2) is 0 Å². The van der Waals surface area contributed by atoms with Crippen LogP contribution in [0.3, 0.4) is 0 Å². The third-order valence-corrected chi connectivity index (χ3v) is 7.01. The minimum Gasteiger partial charge on any atom is -0.450 e. The molecule has 2 aliphatic heterocycles. The lowest BCUT2D eigenvalue weighted by atomic mass is 9.60. The van der Waals surface area contributed by atoms with E-state index in [1.165, 1.54) is 12.8 Å². The largest absolute Gasteiger partial charge is 0.450 e. The molecule has 6 nitrogen and oxygen atoms in total. The summed E-state index contributed by atoms with van der Waals surface area (Å²) in [6, 6.07) is 0.668. The monoisotopic (exact) mass is 349 g/mol. The zero-order valence-corrected chi connectivity index (χ0v) is 15.7. The fourth-order valence-corrected chi connectivity index (χ4v) is 5.53. The molecule has 140 valence electrons. The maximum atomic E-state index is 12.5. The van der Waals surface area contributed by atoms with E-state index in [0.29, 0.717) is 41.7 Å². The Kier molecular flexibility index (Phi) is 4.21. The van der Waals surface area contributed by atoms with Crippen molar-refractivity contribution in [3.63, 3.8) is 0 Å². The predicted octanol–water partition coefficient (Wildman–Crippen LogP) is 1.65. The number of carbonyl (C=O) groups is 2. The van der Waals surface area contributed by atoms with Crippen LogP contribution in [0.1, 0.15) is 33.6 Å². The van der Waals surface area contributed by atoms with Crippen molar-refractivity contribution in [2.75, 3.05) is 45.9 Å². The molecule has 0 aromatic rings. The van der Waals surface area contributed by atoms with Gasteiger partial charge in [0, 0.05) is 56.6 Å². The molecule has 0 aromatic heterocycles. The highest BCUT2D eigenvalue weighted by molar-refractivity contribution is 5.82. The number of fused-ring (bicyclic) bond motifs is 1.